The molecule has 1 atom stereocenters. The highest BCUT2D eigenvalue weighted by Gasteiger charge is 2.31. The second-order valence-corrected chi connectivity index (χ2v) is 9.21. The van der Waals surface area contributed by atoms with Crippen LogP contribution in [-0.4, -0.2) is 26.6 Å². The summed E-state index contributed by atoms with van der Waals surface area (Å²) >= 11 is 11.9. The maximum absolute atomic E-state index is 12.9. The molecule has 2 rings (SSSR count). The van der Waals surface area contributed by atoms with Crippen LogP contribution in [0, 0.1) is 13.8 Å². The van der Waals surface area contributed by atoms with Crippen molar-refractivity contribution in [1.29, 1.82) is 0 Å². The molecule has 0 saturated carbocycles. The molecule has 0 bridgehead atoms. The molecule has 8 heteroatoms. The van der Waals surface area contributed by atoms with Crippen molar-refractivity contribution < 1.29 is 13.2 Å². The molecular weight excluding hydrogens is 407 g/mol. The number of halogens is 2. The second-order valence-electron chi connectivity index (χ2n) is 6.48. The van der Waals surface area contributed by atoms with Gasteiger partial charge < -0.3 is 5.32 Å². The molecular formula is C19H22Cl2N2O3S. The number of aryl methyl sites for hydroxylation is 2. The third-order valence-electron chi connectivity index (χ3n) is 3.92. The SMILES string of the molecule is CCC(C(=O)Nc1cc(Cl)cc(Cl)c1)N(c1cc(C)cc(C)c1)S(C)(=O)=O. The van der Waals surface area contributed by atoms with Crippen molar-refractivity contribution in [1.82, 2.24) is 0 Å². The molecule has 0 fully saturated rings. The van der Waals surface area contributed by atoms with Crippen molar-refractivity contribution >= 4 is 50.5 Å². The van der Waals surface area contributed by atoms with Gasteiger partial charge in [-0.2, -0.15) is 0 Å². The molecule has 0 aliphatic heterocycles. The molecule has 0 spiro atoms. The number of sulfonamides is 1. The van der Waals surface area contributed by atoms with Crippen molar-refractivity contribution in [3.05, 3.63) is 57.6 Å². The van der Waals surface area contributed by atoms with Crippen LogP contribution < -0.4 is 9.62 Å². The quantitative estimate of drug-likeness (QED) is 0.718. The summed E-state index contributed by atoms with van der Waals surface area (Å²) in [5.74, 6) is -0.458. The molecule has 27 heavy (non-hydrogen) atoms. The number of carbonyl (C=O) groups excluding carboxylic acids is 1. The molecule has 0 heterocycles. The van der Waals surface area contributed by atoms with Gasteiger partial charge in [-0.1, -0.05) is 36.2 Å². The van der Waals surface area contributed by atoms with Gasteiger partial charge in [0.1, 0.15) is 6.04 Å². The highest BCUT2D eigenvalue weighted by Crippen LogP contribution is 2.27. The fourth-order valence-corrected chi connectivity index (χ4v) is 4.71. The molecule has 0 aliphatic rings. The van der Waals surface area contributed by atoms with Crippen LogP contribution in [0.25, 0.3) is 0 Å². The fourth-order valence-electron chi connectivity index (χ4n) is 2.99. The second kappa shape index (κ2) is 8.50. The maximum Gasteiger partial charge on any atom is 0.248 e. The number of nitrogens with zero attached hydrogens (tertiary/aromatic N) is 1. The van der Waals surface area contributed by atoms with Gasteiger partial charge in [0.15, 0.2) is 0 Å². The van der Waals surface area contributed by atoms with Crippen molar-refractivity contribution in [2.24, 2.45) is 0 Å². The first-order chi connectivity index (χ1) is 12.5. The van der Waals surface area contributed by atoms with Gasteiger partial charge >= 0.3 is 0 Å². The Labute approximate surface area is 170 Å². The van der Waals surface area contributed by atoms with E-state index in [2.05, 4.69) is 5.32 Å². The molecule has 0 radical (unpaired) electrons. The zero-order valence-corrected chi connectivity index (χ0v) is 17.9. The van der Waals surface area contributed by atoms with Gasteiger partial charge in [0.2, 0.25) is 15.9 Å². The number of amides is 1. The molecule has 1 N–H and O–H groups in total. The molecule has 146 valence electrons. The van der Waals surface area contributed by atoms with Crippen LogP contribution in [0.4, 0.5) is 11.4 Å². The normalized spacial score (nSPS) is 12.5. The summed E-state index contributed by atoms with van der Waals surface area (Å²) in [6.07, 6.45) is 1.39. The third-order valence-corrected chi connectivity index (χ3v) is 5.54. The highest BCUT2D eigenvalue weighted by molar-refractivity contribution is 7.92. The number of nitrogens with one attached hydrogen (secondary N) is 1. The molecule has 0 aromatic heterocycles. The summed E-state index contributed by atoms with van der Waals surface area (Å²) in [4.78, 5) is 12.9. The monoisotopic (exact) mass is 428 g/mol. The first-order valence-electron chi connectivity index (χ1n) is 8.36. The Balaban J connectivity index is 2.44. The van der Waals surface area contributed by atoms with E-state index in [0.717, 1.165) is 21.7 Å². The molecule has 1 unspecified atom stereocenters. The zero-order valence-electron chi connectivity index (χ0n) is 15.6. The number of hydrogen-bond donors (Lipinski definition) is 1. The maximum atomic E-state index is 12.9. The van der Waals surface area contributed by atoms with E-state index < -0.39 is 22.0 Å². The summed E-state index contributed by atoms with van der Waals surface area (Å²) in [7, 11) is -3.70. The van der Waals surface area contributed by atoms with E-state index in [-0.39, 0.29) is 0 Å². The van der Waals surface area contributed by atoms with Gasteiger partial charge in [-0.3, -0.25) is 9.10 Å². The fraction of sp³-hybridized carbons (Fsp3) is 0.316. The van der Waals surface area contributed by atoms with Crippen LogP contribution in [0.3, 0.4) is 0 Å². The van der Waals surface area contributed by atoms with Crippen LogP contribution in [0.5, 0.6) is 0 Å². The average molecular weight is 429 g/mol. The zero-order chi connectivity index (χ0) is 20.4. The average Bonchev–Trinajstić information content (AvgIpc) is 2.48. The predicted molar refractivity (Wildman–Crippen MR) is 112 cm³/mol. The smallest absolute Gasteiger partial charge is 0.248 e. The first kappa shape index (κ1) is 21.5. The topological polar surface area (TPSA) is 66.5 Å². The number of carbonyl (C=O) groups is 1. The lowest BCUT2D eigenvalue weighted by molar-refractivity contribution is -0.117. The first-order valence-corrected chi connectivity index (χ1v) is 11.0. The van der Waals surface area contributed by atoms with Crippen molar-refractivity contribution in [2.75, 3.05) is 15.9 Å². The minimum Gasteiger partial charge on any atom is -0.324 e. The summed E-state index contributed by atoms with van der Waals surface area (Å²) in [5, 5.41) is 3.46. The van der Waals surface area contributed by atoms with Gasteiger partial charge in [0.25, 0.3) is 0 Å². The summed E-state index contributed by atoms with van der Waals surface area (Å²) < 4.78 is 26.2. The lowest BCUT2D eigenvalue weighted by atomic mass is 10.1. The van der Waals surface area contributed by atoms with E-state index in [1.165, 1.54) is 0 Å². The molecule has 0 saturated heterocycles. The molecule has 5 nitrogen and oxygen atoms in total. The van der Waals surface area contributed by atoms with Gasteiger partial charge in [-0.15, -0.1) is 0 Å². The van der Waals surface area contributed by atoms with Crippen molar-refractivity contribution in [3.63, 3.8) is 0 Å². The van der Waals surface area contributed by atoms with Crippen molar-refractivity contribution in [2.45, 2.75) is 33.2 Å². The van der Waals surface area contributed by atoms with Crippen molar-refractivity contribution in [3.8, 4) is 0 Å². The summed E-state index contributed by atoms with van der Waals surface area (Å²) in [6.45, 7) is 5.52. The molecule has 2 aromatic carbocycles. The van der Waals surface area contributed by atoms with E-state index in [9.17, 15) is 13.2 Å². The Hall–Kier alpha value is -1.76. The van der Waals surface area contributed by atoms with E-state index in [1.807, 2.05) is 19.9 Å². The van der Waals surface area contributed by atoms with Gasteiger partial charge in [0, 0.05) is 15.7 Å². The van der Waals surface area contributed by atoms with E-state index in [0.29, 0.717) is 27.8 Å². The Bertz CT molecular complexity index is 921. The number of benzene rings is 2. The number of rotatable bonds is 6. The van der Waals surface area contributed by atoms with E-state index in [4.69, 9.17) is 23.2 Å². The van der Waals surface area contributed by atoms with Crippen LogP contribution >= 0.6 is 23.2 Å². The molecule has 1 amide bonds. The van der Waals surface area contributed by atoms with Crippen LogP contribution in [0.1, 0.15) is 24.5 Å². The van der Waals surface area contributed by atoms with Crippen LogP contribution in [-0.2, 0) is 14.8 Å². The van der Waals surface area contributed by atoms with Gasteiger partial charge in [-0.05, 0) is 61.7 Å². The lowest BCUT2D eigenvalue weighted by Crippen LogP contribution is -2.47. The Morgan fingerprint density at radius 1 is 1.04 bits per heavy atom. The van der Waals surface area contributed by atoms with Gasteiger partial charge in [0.05, 0.1) is 11.9 Å². The van der Waals surface area contributed by atoms with E-state index >= 15 is 0 Å². The minimum atomic E-state index is -3.70. The van der Waals surface area contributed by atoms with E-state index in [1.54, 1.807) is 37.3 Å². The Morgan fingerprint density at radius 2 is 1.56 bits per heavy atom. The number of hydrogen-bond acceptors (Lipinski definition) is 3. The highest BCUT2D eigenvalue weighted by atomic mass is 35.5. The van der Waals surface area contributed by atoms with Gasteiger partial charge in [-0.25, -0.2) is 8.42 Å². The Morgan fingerprint density at radius 3 is 2.00 bits per heavy atom. The summed E-state index contributed by atoms with van der Waals surface area (Å²) in [5.41, 5.74) is 2.69. The number of anilines is 2. The standard InChI is InChI=1S/C19H22Cl2N2O3S/c1-5-18(19(24)22-16-10-14(20)9-15(21)11-16)23(27(4,25)26)17-7-12(2)6-13(3)8-17/h6-11,18H,5H2,1-4H3,(H,22,24). The lowest BCUT2D eigenvalue weighted by Gasteiger charge is -2.30. The largest absolute Gasteiger partial charge is 0.324 e. The molecule has 0 aliphatic carbocycles. The third kappa shape index (κ3) is 5.61. The van der Waals surface area contributed by atoms with Crippen LogP contribution in [0.15, 0.2) is 36.4 Å². The molecule has 2 aromatic rings. The van der Waals surface area contributed by atoms with Crippen LogP contribution in [0.2, 0.25) is 10.0 Å². The minimum absolute atomic E-state index is 0.292. The Kier molecular flexibility index (Phi) is 6.78. The summed E-state index contributed by atoms with van der Waals surface area (Å²) in [6, 6.07) is 9.19. The predicted octanol–water partition coefficient (Wildman–Crippen LogP) is 4.79.